The zero-order chi connectivity index (χ0) is 8.55. The van der Waals surface area contributed by atoms with E-state index in [9.17, 15) is 4.79 Å². The molecule has 1 aromatic heterocycles. The Labute approximate surface area is 78.6 Å². The van der Waals surface area contributed by atoms with Crippen LogP contribution in [0.2, 0.25) is 5.02 Å². The Bertz CT molecular complexity index is 433. The lowest BCUT2D eigenvalue weighted by atomic mass is 10.2. The van der Waals surface area contributed by atoms with E-state index >= 15 is 0 Å². The number of fused-ring (bicyclic) bond motifs is 1. The normalized spacial score (nSPS) is 10.4. The van der Waals surface area contributed by atoms with E-state index < -0.39 is 0 Å². The predicted molar refractivity (Wildman–Crippen MR) is 52.2 cm³/mol. The summed E-state index contributed by atoms with van der Waals surface area (Å²) in [5.41, 5.74) is 0.562. The minimum Gasteiger partial charge on any atom is -0.298 e. The van der Waals surface area contributed by atoms with E-state index in [4.69, 9.17) is 11.6 Å². The average Bonchev–Trinajstić information content (AvgIpc) is 2.53. The van der Waals surface area contributed by atoms with Gasteiger partial charge in [-0.3, -0.25) is 4.79 Å². The minimum atomic E-state index is 0.562. The number of carbonyl (C=O) groups is 1. The number of benzene rings is 1. The second-order valence-electron chi connectivity index (χ2n) is 2.43. The quantitative estimate of drug-likeness (QED) is 0.640. The summed E-state index contributed by atoms with van der Waals surface area (Å²) in [4.78, 5) is 10.5. The number of halogens is 1. The number of rotatable bonds is 1. The van der Waals surface area contributed by atoms with Crippen LogP contribution in [0.25, 0.3) is 10.1 Å². The van der Waals surface area contributed by atoms with Gasteiger partial charge in [-0.15, -0.1) is 11.3 Å². The Morgan fingerprint density at radius 3 is 2.92 bits per heavy atom. The molecule has 0 bridgehead atoms. The fourth-order valence-electron chi connectivity index (χ4n) is 1.10. The standard InChI is InChI=1S/C9H5ClOS/c10-8-7(5-11)2-1-6-3-4-12-9(6)8/h1-5H. The molecule has 0 aliphatic rings. The molecule has 0 saturated carbocycles. The van der Waals surface area contributed by atoms with Crippen molar-refractivity contribution in [3.05, 3.63) is 34.2 Å². The SMILES string of the molecule is O=Cc1ccc2ccsc2c1Cl. The Morgan fingerprint density at radius 1 is 1.33 bits per heavy atom. The van der Waals surface area contributed by atoms with Crippen LogP contribution >= 0.6 is 22.9 Å². The average molecular weight is 197 g/mol. The number of hydrogen-bond donors (Lipinski definition) is 0. The number of aldehydes is 1. The third-order valence-electron chi connectivity index (χ3n) is 1.72. The fraction of sp³-hybridized carbons (Fsp3) is 0. The van der Waals surface area contributed by atoms with Gasteiger partial charge < -0.3 is 0 Å². The third-order valence-corrected chi connectivity index (χ3v) is 3.18. The lowest BCUT2D eigenvalue weighted by Gasteiger charge is -1.95. The van der Waals surface area contributed by atoms with Crippen LogP contribution in [-0.4, -0.2) is 6.29 Å². The molecule has 0 unspecified atom stereocenters. The van der Waals surface area contributed by atoms with E-state index in [0.717, 1.165) is 16.4 Å². The van der Waals surface area contributed by atoms with Gasteiger partial charge >= 0.3 is 0 Å². The van der Waals surface area contributed by atoms with Crippen molar-refractivity contribution in [3.8, 4) is 0 Å². The van der Waals surface area contributed by atoms with E-state index in [1.807, 2.05) is 17.5 Å². The first-order valence-corrected chi connectivity index (χ1v) is 4.69. The molecule has 0 fully saturated rings. The van der Waals surface area contributed by atoms with Crippen molar-refractivity contribution in [1.29, 1.82) is 0 Å². The van der Waals surface area contributed by atoms with E-state index in [1.54, 1.807) is 17.4 Å². The van der Waals surface area contributed by atoms with Crippen molar-refractivity contribution < 1.29 is 4.79 Å². The van der Waals surface area contributed by atoms with Crippen LogP contribution < -0.4 is 0 Å². The molecule has 0 atom stereocenters. The minimum absolute atomic E-state index is 0.562. The van der Waals surface area contributed by atoms with Gasteiger partial charge in [-0.05, 0) is 22.9 Å². The smallest absolute Gasteiger partial charge is 0.151 e. The molecule has 0 spiro atoms. The summed E-state index contributed by atoms with van der Waals surface area (Å²) in [5.74, 6) is 0. The molecule has 12 heavy (non-hydrogen) atoms. The van der Waals surface area contributed by atoms with Crippen LogP contribution in [0.4, 0.5) is 0 Å². The zero-order valence-corrected chi connectivity index (χ0v) is 7.65. The maximum atomic E-state index is 10.5. The molecular formula is C9H5ClOS. The highest BCUT2D eigenvalue weighted by molar-refractivity contribution is 7.17. The van der Waals surface area contributed by atoms with Crippen LogP contribution in [0.3, 0.4) is 0 Å². The van der Waals surface area contributed by atoms with Crippen LogP contribution in [0.5, 0.6) is 0 Å². The monoisotopic (exact) mass is 196 g/mol. The molecule has 60 valence electrons. The molecule has 2 aromatic rings. The fourth-order valence-corrected chi connectivity index (χ4v) is 2.30. The second kappa shape index (κ2) is 2.88. The highest BCUT2D eigenvalue weighted by Gasteiger charge is 2.04. The van der Waals surface area contributed by atoms with Crippen molar-refractivity contribution in [1.82, 2.24) is 0 Å². The first-order chi connectivity index (χ1) is 5.83. The van der Waals surface area contributed by atoms with Gasteiger partial charge in [-0.2, -0.15) is 0 Å². The molecule has 0 aliphatic carbocycles. The number of hydrogen-bond acceptors (Lipinski definition) is 2. The van der Waals surface area contributed by atoms with Gasteiger partial charge in [0.05, 0.1) is 9.72 Å². The first kappa shape index (κ1) is 7.77. The maximum Gasteiger partial charge on any atom is 0.151 e. The molecule has 3 heteroatoms. The Morgan fingerprint density at radius 2 is 2.17 bits per heavy atom. The van der Waals surface area contributed by atoms with Crippen molar-refractivity contribution in [2.45, 2.75) is 0 Å². The topological polar surface area (TPSA) is 17.1 Å². The molecule has 0 amide bonds. The van der Waals surface area contributed by atoms with Crippen molar-refractivity contribution in [3.63, 3.8) is 0 Å². The van der Waals surface area contributed by atoms with Gasteiger partial charge in [-0.1, -0.05) is 17.7 Å². The molecule has 0 saturated heterocycles. The van der Waals surface area contributed by atoms with Crippen molar-refractivity contribution in [2.75, 3.05) is 0 Å². The van der Waals surface area contributed by atoms with E-state index in [0.29, 0.717) is 10.6 Å². The van der Waals surface area contributed by atoms with Crippen LogP contribution in [0.15, 0.2) is 23.6 Å². The number of thiophene rings is 1. The molecule has 0 radical (unpaired) electrons. The first-order valence-electron chi connectivity index (χ1n) is 3.44. The zero-order valence-electron chi connectivity index (χ0n) is 6.08. The molecule has 2 rings (SSSR count). The number of carbonyl (C=O) groups excluding carboxylic acids is 1. The van der Waals surface area contributed by atoms with Gasteiger partial charge in [0.25, 0.3) is 0 Å². The molecule has 1 aromatic carbocycles. The summed E-state index contributed by atoms with van der Waals surface area (Å²) in [6.07, 6.45) is 0.779. The summed E-state index contributed by atoms with van der Waals surface area (Å²) < 4.78 is 0.987. The molecular weight excluding hydrogens is 192 g/mol. The van der Waals surface area contributed by atoms with E-state index in [1.165, 1.54) is 0 Å². The van der Waals surface area contributed by atoms with Gasteiger partial charge in [0.2, 0.25) is 0 Å². The van der Waals surface area contributed by atoms with Crippen LogP contribution in [-0.2, 0) is 0 Å². The third kappa shape index (κ3) is 1.04. The highest BCUT2D eigenvalue weighted by atomic mass is 35.5. The lowest BCUT2D eigenvalue weighted by Crippen LogP contribution is -1.79. The Kier molecular flexibility index (Phi) is 1.87. The Hall–Kier alpha value is -0.860. The van der Waals surface area contributed by atoms with Gasteiger partial charge in [-0.25, -0.2) is 0 Å². The van der Waals surface area contributed by atoms with Gasteiger partial charge in [0.15, 0.2) is 6.29 Å². The molecule has 0 N–H and O–H groups in total. The van der Waals surface area contributed by atoms with E-state index in [2.05, 4.69) is 0 Å². The second-order valence-corrected chi connectivity index (χ2v) is 3.72. The van der Waals surface area contributed by atoms with Crippen LogP contribution in [0, 0.1) is 0 Å². The molecule has 1 nitrogen and oxygen atoms in total. The summed E-state index contributed by atoms with van der Waals surface area (Å²) >= 11 is 7.51. The van der Waals surface area contributed by atoms with Crippen molar-refractivity contribution >= 4 is 39.3 Å². The molecule has 1 heterocycles. The van der Waals surface area contributed by atoms with Gasteiger partial charge in [0, 0.05) is 5.56 Å². The van der Waals surface area contributed by atoms with E-state index in [-0.39, 0.29) is 0 Å². The largest absolute Gasteiger partial charge is 0.298 e. The lowest BCUT2D eigenvalue weighted by molar-refractivity contribution is 0.112. The summed E-state index contributed by atoms with van der Waals surface area (Å²) in [6, 6.07) is 5.63. The summed E-state index contributed by atoms with van der Waals surface area (Å²) in [5, 5.41) is 3.62. The van der Waals surface area contributed by atoms with Gasteiger partial charge in [0.1, 0.15) is 0 Å². The summed E-state index contributed by atoms with van der Waals surface area (Å²) in [7, 11) is 0. The predicted octanol–water partition coefficient (Wildman–Crippen LogP) is 3.37. The van der Waals surface area contributed by atoms with Crippen LogP contribution in [0.1, 0.15) is 10.4 Å². The summed E-state index contributed by atoms with van der Waals surface area (Å²) in [6.45, 7) is 0. The highest BCUT2D eigenvalue weighted by Crippen LogP contribution is 2.30. The maximum absolute atomic E-state index is 10.5. The van der Waals surface area contributed by atoms with Crippen molar-refractivity contribution in [2.24, 2.45) is 0 Å². The Balaban J connectivity index is 2.86. The molecule has 0 aliphatic heterocycles.